The highest BCUT2D eigenvalue weighted by Gasteiger charge is 2.18. The Hall–Kier alpha value is -3.19. The van der Waals surface area contributed by atoms with Gasteiger partial charge in [-0.2, -0.15) is 0 Å². The number of halogens is 1. The van der Waals surface area contributed by atoms with Gasteiger partial charge in [-0.25, -0.2) is 4.98 Å². The average molecular weight is 439 g/mol. The summed E-state index contributed by atoms with van der Waals surface area (Å²) in [5.41, 5.74) is 1.52. The molecule has 0 spiro atoms. The van der Waals surface area contributed by atoms with Gasteiger partial charge < -0.3 is 10.2 Å². The van der Waals surface area contributed by atoms with Crippen molar-refractivity contribution in [3.8, 4) is 0 Å². The van der Waals surface area contributed by atoms with E-state index >= 15 is 0 Å². The molecule has 2 heterocycles. The smallest absolute Gasteiger partial charge is 0.261 e. The molecule has 0 atom stereocenters. The maximum Gasteiger partial charge on any atom is 0.261 e. The Bertz CT molecular complexity index is 1220. The molecule has 2 aromatic carbocycles. The highest BCUT2D eigenvalue weighted by molar-refractivity contribution is 6.33. The Morgan fingerprint density at radius 2 is 1.97 bits per heavy atom. The summed E-state index contributed by atoms with van der Waals surface area (Å²) in [4.78, 5) is 43.9. The Morgan fingerprint density at radius 3 is 2.77 bits per heavy atom. The van der Waals surface area contributed by atoms with Gasteiger partial charge in [0.25, 0.3) is 5.56 Å². The van der Waals surface area contributed by atoms with E-state index in [4.69, 9.17) is 11.6 Å². The van der Waals surface area contributed by atoms with Gasteiger partial charge in [0, 0.05) is 25.7 Å². The summed E-state index contributed by atoms with van der Waals surface area (Å²) < 4.78 is 1.74. The van der Waals surface area contributed by atoms with Gasteiger partial charge in [-0.05, 0) is 43.2 Å². The maximum atomic E-state index is 13.0. The molecule has 0 saturated heterocycles. The number of aryl methyl sites for hydroxylation is 1. The van der Waals surface area contributed by atoms with Crippen molar-refractivity contribution >= 4 is 45.7 Å². The van der Waals surface area contributed by atoms with Crippen LogP contribution in [0.2, 0.25) is 5.02 Å². The Balaban J connectivity index is 1.51. The van der Waals surface area contributed by atoms with Crippen LogP contribution >= 0.6 is 11.6 Å². The molecule has 0 aliphatic carbocycles. The molecule has 160 valence electrons. The van der Waals surface area contributed by atoms with Crippen LogP contribution in [0.25, 0.3) is 10.9 Å². The van der Waals surface area contributed by atoms with Gasteiger partial charge in [-0.1, -0.05) is 30.2 Å². The molecule has 1 aliphatic heterocycles. The van der Waals surface area contributed by atoms with Gasteiger partial charge in [0.2, 0.25) is 11.8 Å². The number of hydrogen-bond donors (Lipinski definition) is 1. The molecule has 1 N–H and O–H groups in total. The van der Waals surface area contributed by atoms with Crippen molar-refractivity contribution in [2.24, 2.45) is 0 Å². The van der Waals surface area contributed by atoms with Crippen LogP contribution in [-0.2, 0) is 22.6 Å². The normalized spacial score (nSPS) is 13.4. The molecular formula is C23H23ClN4O3. The first-order chi connectivity index (χ1) is 14.9. The number of rotatable bonds is 4. The number of aromatic nitrogens is 2. The van der Waals surface area contributed by atoms with Crippen molar-refractivity contribution in [1.82, 2.24) is 9.55 Å². The van der Waals surface area contributed by atoms with E-state index in [1.165, 1.54) is 4.90 Å². The lowest BCUT2D eigenvalue weighted by Gasteiger charge is -2.18. The summed E-state index contributed by atoms with van der Waals surface area (Å²) in [5, 5.41) is 3.60. The van der Waals surface area contributed by atoms with Crippen LogP contribution in [0.3, 0.4) is 0 Å². The maximum absolute atomic E-state index is 13.0. The molecule has 0 unspecified atom stereocenters. The van der Waals surface area contributed by atoms with E-state index in [9.17, 15) is 14.4 Å². The van der Waals surface area contributed by atoms with Crippen molar-refractivity contribution in [2.45, 2.75) is 38.6 Å². The Kier molecular flexibility index (Phi) is 6.04. The molecule has 8 heteroatoms. The first-order valence-electron chi connectivity index (χ1n) is 10.3. The van der Waals surface area contributed by atoms with E-state index < -0.39 is 11.8 Å². The standard InChI is InChI=1S/C23H23ClN4O3/c1-27(19-8-5-4-7-17(19)24)22(30)14-21(29)25-15-10-11-18-16(13-15)23(31)28-12-6-2-3-9-20(28)26-18/h4-5,7-8,10-11,13H,2-3,6,9,12,14H2,1H3,(H,25,29). The van der Waals surface area contributed by atoms with Crippen molar-refractivity contribution in [1.29, 1.82) is 0 Å². The largest absolute Gasteiger partial charge is 0.326 e. The zero-order valence-corrected chi connectivity index (χ0v) is 18.0. The quantitative estimate of drug-likeness (QED) is 0.628. The number of nitrogens with one attached hydrogen (secondary N) is 1. The SMILES string of the molecule is CN(C(=O)CC(=O)Nc1ccc2nc3n(c(=O)c2c1)CCCCC3)c1ccccc1Cl. The second-order valence-electron chi connectivity index (χ2n) is 7.66. The second kappa shape index (κ2) is 8.89. The third-order valence-electron chi connectivity index (χ3n) is 5.50. The number of anilines is 2. The van der Waals surface area contributed by atoms with Gasteiger partial charge in [0.15, 0.2) is 0 Å². The zero-order chi connectivity index (χ0) is 22.0. The first kappa shape index (κ1) is 21.1. The van der Waals surface area contributed by atoms with Gasteiger partial charge in [-0.3, -0.25) is 19.0 Å². The highest BCUT2D eigenvalue weighted by Crippen LogP contribution is 2.24. The fourth-order valence-electron chi connectivity index (χ4n) is 3.82. The van der Waals surface area contributed by atoms with E-state index in [2.05, 4.69) is 10.3 Å². The third-order valence-corrected chi connectivity index (χ3v) is 5.82. The molecule has 0 radical (unpaired) electrons. The molecule has 0 bridgehead atoms. The Labute approximate surface area is 184 Å². The molecule has 1 aliphatic rings. The summed E-state index contributed by atoms with van der Waals surface area (Å²) in [6.45, 7) is 0.663. The van der Waals surface area contributed by atoms with Crippen molar-refractivity contribution in [3.05, 3.63) is 63.7 Å². The minimum absolute atomic E-state index is 0.0903. The minimum Gasteiger partial charge on any atom is -0.326 e. The monoisotopic (exact) mass is 438 g/mol. The number of amides is 2. The molecular weight excluding hydrogens is 416 g/mol. The van der Waals surface area contributed by atoms with Crippen LogP contribution in [0.5, 0.6) is 0 Å². The molecule has 0 saturated carbocycles. The predicted molar refractivity (Wildman–Crippen MR) is 122 cm³/mol. The number of hydrogen-bond acceptors (Lipinski definition) is 4. The number of para-hydroxylation sites is 1. The van der Waals surface area contributed by atoms with Crippen LogP contribution in [0.1, 0.15) is 31.5 Å². The summed E-state index contributed by atoms with van der Waals surface area (Å²) in [7, 11) is 1.57. The lowest BCUT2D eigenvalue weighted by molar-refractivity contribution is -0.125. The minimum atomic E-state index is -0.467. The van der Waals surface area contributed by atoms with E-state index in [1.807, 2.05) is 0 Å². The zero-order valence-electron chi connectivity index (χ0n) is 17.2. The van der Waals surface area contributed by atoms with Crippen molar-refractivity contribution < 1.29 is 9.59 Å². The summed E-state index contributed by atoms with van der Waals surface area (Å²) in [6.07, 6.45) is 3.52. The van der Waals surface area contributed by atoms with Crippen molar-refractivity contribution in [3.63, 3.8) is 0 Å². The molecule has 2 amide bonds. The first-order valence-corrected chi connectivity index (χ1v) is 10.7. The fourth-order valence-corrected chi connectivity index (χ4v) is 4.08. The second-order valence-corrected chi connectivity index (χ2v) is 8.06. The van der Waals surface area contributed by atoms with E-state index in [0.29, 0.717) is 33.8 Å². The van der Waals surface area contributed by atoms with Crippen molar-refractivity contribution in [2.75, 3.05) is 17.3 Å². The van der Waals surface area contributed by atoms with Crippen LogP contribution in [0, 0.1) is 0 Å². The number of fused-ring (bicyclic) bond motifs is 2. The van der Waals surface area contributed by atoms with Crippen LogP contribution < -0.4 is 15.8 Å². The lowest BCUT2D eigenvalue weighted by atomic mass is 10.2. The topological polar surface area (TPSA) is 84.3 Å². The van der Waals surface area contributed by atoms with E-state index in [1.54, 1.807) is 54.1 Å². The van der Waals surface area contributed by atoms with Crippen LogP contribution in [0.4, 0.5) is 11.4 Å². The molecule has 0 fully saturated rings. The molecule has 4 rings (SSSR count). The third kappa shape index (κ3) is 4.46. The highest BCUT2D eigenvalue weighted by atomic mass is 35.5. The van der Waals surface area contributed by atoms with E-state index in [0.717, 1.165) is 31.5 Å². The fraction of sp³-hybridized carbons (Fsp3) is 0.304. The summed E-state index contributed by atoms with van der Waals surface area (Å²) in [5.74, 6) is -0.0375. The molecule has 1 aromatic heterocycles. The number of carbonyl (C=O) groups excluding carboxylic acids is 2. The average Bonchev–Trinajstić information content (AvgIpc) is 3.00. The lowest BCUT2D eigenvalue weighted by Crippen LogP contribution is -2.30. The number of nitrogens with zero attached hydrogens (tertiary/aromatic N) is 3. The van der Waals surface area contributed by atoms with Gasteiger partial charge in [0.1, 0.15) is 12.2 Å². The van der Waals surface area contributed by atoms with Crippen LogP contribution in [0.15, 0.2) is 47.3 Å². The molecule has 7 nitrogen and oxygen atoms in total. The predicted octanol–water partition coefficient (Wildman–Crippen LogP) is 3.77. The molecule has 3 aromatic rings. The number of benzene rings is 2. The van der Waals surface area contributed by atoms with Gasteiger partial charge in [0.05, 0.1) is 21.6 Å². The Morgan fingerprint density at radius 1 is 1.16 bits per heavy atom. The summed E-state index contributed by atoms with van der Waals surface area (Å²) in [6, 6.07) is 12.0. The van der Waals surface area contributed by atoms with Gasteiger partial charge in [-0.15, -0.1) is 0 Å². The molecule has 31 heavy (non-hydrogen) atoms. The van der Waals surface area contributed by atoms with Crippen LogP contribution in [-0.4, -0.2) is 28.4 Å². The van der Waals surface area contributed by atoms with Gasteiger partial charge >= 0.3 is 0 Å². The summed E-state index contributed by atoms with van der Waals surface area (Å²) >= 11 is 6.13. The van der Waals surface area contributed by atoms with E-state index in [-0.39, 0.29) is 12.0 Å². The number of carbonyl (C=O) groups is 2.